The van der Waals surface area contributed by atoms with Gasteiger partial charge in [-0.3, -0.25) is 0 Å². The molecule has 1 nitrogen and oxygen atoms in total. The standard InChI is InChI=1S/C18H22IN/c1-3-6-14-9-11-15(12-10-14)18(20-4-2)16-7-5-8-17(19)13-16/h5,7-13,18,20H,3-4,6H2,1-2H3. The summed E-state index contributed by atoms with van der Waals surface area (Å²) in [6.45, 7) is 5.35. The van der Waals surface area contributed by atoms with Gasteiger partial charge in [0.05, 0.1) is 6.04 Å². The molecule has 106 valence electrons. The van der Waals surface area contributed by atoms with E-state index in [2.05, 4.69) is 90.3 Å². The van der Waals surface area contributed by atoms with Crippen molar-refractivity contribution < 1.29 is 0 Å². The Kier molecular flexibility index (Phi) is 6.05. The third-order valence-electron chi connectivity index (χ3n) is 3.44. The lowest BCUT2D eigenvalue weighted by molar-refractivity contribution is 0.630. The van der Waals surface area contributed by atoms with Gasteiger partial charge in [0.15, 0.2) is 0 Å². The number of nitrogens with one attached hydrogen (secondary N) is 1. The second-order valence-corrected chi connectivity index (χ2v) is 6.28. The lowest BCUT2D eigenvalue weighted by Gasteiger charge is -2.19. The molecule has 0 aromatic heterocycles. The maximum atomic E-state index is 3.59. The lowest BCUT2D eigenvalue weighted by atomic mass is 9.97. The van der Waals surface area contributed by atoms with Gasteiger partial charge in [0.1, 0.15) is 0 Å². The molecule has 0 heterocycles. The highest BCUT2D eigenvalue weighted by Crippen LogP contribution is 2.24. The molecule has 2 aromatic carbocycles. The van der Waals surface area contributed by atoms with Crippen LogP contribution >= 0.6 is 22.6 Å². The third-order valence-corrected chi connectivity index (χ3v) is 4.11. The highest BCUT2D eigenvalue weighted by molar-refractivity contribution is 14.1. The van der Waals surface area contributed by atoms with Crippen molar-refractivity contribution in [1.29, 1.82) is 0 Å². The van der Waals surface area contributed by atoms with Crippen LogP contribution in [0.4, 0.5) is 0 Å². The number of hydrogen-bond donors (Lipinski definition) is 1. The molecular formula is C18H22IN. The minimum atomic E-state index is 0.283. The molecule has 0 saturated heterocycles. The molecule has 0 amide bonds. The van der Waals surface area contributed by atoms with Crippen molar-refractivity contribution in [3.8, 4) is 0 Å². The molecule has 0 spiro atoms. The Morgan fingerprint density at radius 3 is 2.35 bits per heavy atom. The molecule has 1 N–H and O–H groups in total. The molecule has 2 heteroatoms. The first-order chi connectivity index (χ1) is 9.74. The van der Waals surface area contributed by atoms with Gasteiger partial charge >= 0.3 is 0 Å². The minimum Gasteiger partial charge on any atom is -0.307 e. The first kappa shape index (κ1) is 15.5. The summed E-state index contributed by atoms with van der Waals surface area (Å²) in [5, 5.41) is 3.59. The van der Waals surface area contributed by atoms with Crippen LogP contribution in [0.25, 0.3) is 0 Å². The zero-order valence-electron chi connectivity index (χ0n) is 12.2. The van der Waals surface area contributed by atoms with Crippen molar-refractivity contribution in [3.63, 3.8) is 0 Å². The predicted molar refractivity (Wildman–Crippen MR) is 95.1 cm³/mol. The molecule has 0 saturated carbocycles. The van der Waals surface area contributed by atoms with E-state index in [4.69, 9.17) is 0 Å². The van der Waals surface area contributed by atoms with Gasteiger partial charge in [-0.05, 0) is 64.4 Å². The summed E-state index contributed by atoms with van der Waals surface area (Å²) in [7, 11) is 0. The van der Waals surface area contributed by atoms with E-state index in [-0.39, 0.29) is 6.04 Å². The zero-order valence-corrected chi connectivity index (χ0v) is 14.4. The summed E-state index contributed by atoms with van der Waals surface area (Å²) in [5.41, 5.74) is 4.10. The SMILES string of the molecule is CCCc1ccc(C(NCC)c2cccc(I)c2)cc1. The van der Waals surface area contributed by atoms with Crippen molar-refractivity contribution in [1.82, 2.24) is 5.32 Å². The van der Waals surface area contributed by atoms with Gasteiger partial charge in [-0.15, -0.1) is 0 Å². The van der Waals surface area contributed by atoms with Crippen LogP contribution in [0.1, 0.15) is 43.0 Å². The maximum absolute atomic E-state index is 3.59. The van der Waals surface area contributed by atoms with Gasteiger partial charge in [0, 0.05) is 3.57 Å². The van der Waals surface area contributed by atoms with Gasteiger partial charge < -0.3 is 5.32 Å². The fourth-order valence-corrected chi connectivity index (χ4v) is 3.05. The lowest BCUT2D eigenvalue weighted by Crippen LogP contribution is -2.22. The minimum absolute atomic E-state index is 0.283. The molecule has 0 aliphatic rings. The number of benzene rings is 2. The van der Waals surface area contributed by atoms with Crippen LogP contribution in [-0.4, -0.2) is 6.54 Å². The van der Waals surface area contributed by atoms with Crippen molar-refractivity contribution >= 4 is 22.6 Å². The van der Waals surface area contributed by atoms with E-state index in [1.165, 1.54) is 26.7 Å². The van der Waals surface area contributed by atoms with E-state index in [9.17, 15) is 0 Å². The summed E-state index contributed by atoms with van der Waals surface area (Å²) in [6, 6.07) is 18.1. The molecule has 0 radical (unpaired) electrons. The van der Waals surface area contributed by atoms with E-state index in [1.54, 1.807) is 0 Å². The van der Waals surface area contributed by atoms with E-state index in [1.807, 2.05) is 0 Å². The molecule has 1 unspecified atom stereocenters. The second kappa shape index (κ2) is 7.79. The van der Waals surface area contributed by atoms with Crippen LogP contribution in [0, 0.1) is 3.57 Å². The number of hydrogen-bond acceptors (Lipinski definition) is 1. The van der Waals surface area contributed by atoms with Crippen LogP contribution in [0.15, 0.2) is 48.5 Å². The molecule has 2 rings (SSSR count). The van der Waals surface area contributed by atoms with Crippen LogP contribution in [-0.2, 0) is 6.42 Å². The van der Waals surface area contributed by atoms with Crippen LogP contribution in [0.3, 0.4) is 0 Å². The normalized spacial score (nSPS) is 12.3. The average molecular weight is 379 g/mol. The molecule has 2 aromatic rings. The summed E-state index contributed by atoms with van der Waals surface area (Å²) >= 11 is 2.38. The van der Waals surface area contributed by atoms with Gasteiger partial charge in [-0.1, -0.05) is 56.7 Å². The summed E-state index contributed by atoms with van der Waals surface area (Å²) in [5.74, 6) is 0. The quantitative estimate of drug-likeness (QED) is 0.701. The number of halogens is 1. The summed E-state index contributed by atoms with van der Waals surface area (Å²) in [4.78, 5) is 0. The third kappa shape index (κ3) is 4.06. The van der Waals surface area contributed by atoms with Crippen molar-refractivity contribution in [2.45, 2.75) is 32.7 Å². The Balaban J connectivity index is 2.28. The van der Waals surface area contributed by atoms with Crippen LogP contribution in [0.2, 0.25) is 0 Å². The van der Waals surface area contributed by atoms with Crippen LogP contribution in [0.5, 0.6) is 0 Å². The van der Waals surface area contributed by atoms with Crippen molar-refractivity contribution in [2.24, 2.45) is 0 Å². The molecule has 20 heavy (non-hydrogen) atoms. The number of aryl methyl sites for hydroxylation is 1. The fourth-order valence-electron chi connectivity index (χ4n) is 2.48. The first-order valence-corrected chi connectivity index (χ1v) is 8.40. The highest BCUT2D eigenvalue weighted by atomic mass is 127. The first-order valence-electron chi connectivity index (χ1n) is 7.32. The molecule has 0 aliphatic heterocycles. The Morgan fingerprint density at radius 2 is 1.75 bits per heavy atom. The molecule has 1 atom stereocenters. The van der Waals surface area contributed by atoms with Gasteiger partial charge in [-0.2, -0.15) is 0 Å². The summed E-state index contributed by atoms with van der Waals surface area (Å²) in [6.07, 6.45) is 2.36. The Labute approximate surface area is 135 Å². The molecular weight excluding hydrogens is 357 g/mol. The van der Waals surface area contributed by atoms with E-state index < -0.39 is 0 Å². The van der Waals surface area contributed by atoms with Crippen molar-refractivity contribution in [3.05, 3.63) is 68.8 Å². The van der Waals surface area contributed by atoms with E-state index >= 15 is 0 Å². The van der Waals surface area contributed by atoms with E-state index in [0.29, 0.717) is 0 Å². The Hall–Kier alpha value is -0.870. The summed E-state index contributed by atoms with van der Waals surface area (Å²) < 4.78 is 1.28. The topological polar surface area (TPSA) is 12.0 Å². The predicted octanol–water partition coefficient (Wildman–Crippen LogP) is 4.94. The second-order valence-electron chi connectivity index (χ2n) is 5.04. The van der Waals surface area contributed by atoms with Crippen LogP contribution < -0.4 is 5.32 Å². The average Bonchev–Trinajstić information content (AvgIpc) is 2.46. The number of rotatable bonds is 6. The van der Waals surface area contributed by atoms with Gasteiger partial charge in [0.25, 0.3) is 0 Å². The van der Waals surface area contributed by atoms with Gasteiger partial charge in [0.2, 0.25) is 0 Å². The monoisotopic (exact) mass is 379 g/mol. The van der Waals surface area contributed by atoms with Gasteiger partial charge in [-0.25, -0.2) is 0 Å². The smallest absolute Gasteiger partial charge is 0.0577 e. The largest absolute Gasteiger partial charge is 0.307 e. The zero-order chi connectivity index (χ0) is 14.4. The molecule has 0 bridgehead atoms. The van der Waals surface area contributed by atoms with E-state index in [0.717, 1.165) is 13.0 Å². The fraction of sp³-hybridized carbons (Fsp3) is 0.333. The highest BCUT2D eigenvalue weighted by Gasteiger charge is 2.12. The Morgan fingerprint density at radius 1 is 1.00 bits per heavy atom. The molecule has 0 aliphatic carbocycles. The maximum Gasteiger partial charge on any atom is 0.0577 e. The Bertz CT molecular complexity index is 533. The molecule has 0 fully saturated rings. The van der Waals surface area contributed by atoms with Crippen molar-refractivity contribution in [2.75, 3.05) is 6.54 Å².